The Hall–Kier alpha value is -0.610. The summed E-state index contributed by atoms with van der Waals surface area (Å²) in [5.41, 5.74) is -0.701. The lowest BCUT2D eigenvalue weighted by Gasteiger charge is -2.25. The molecule has 4 nitrogen and oxygen atoms in total. The highest BCUT2D eigenvalue weighted by molar-refractivity contribution is 5.84. The molecule has 14 heavy (non-hydrogen) atoms. The molecular weight excluding hydrogens is 182 g/mol. The topological polar surface area (TPSA) is 47.6 Å². The molecule has 1 N–H and O–H groups in total. The maximum absolute atomic E-state index is 11.6. The van der Waals surface area contributed by atoms with E-state index in [4.69, 9.17) is 9.47 Å². The second kappa shape index (κ2) is 6.79. The van der Waals surface area contributed by atoms with Crippen molar-refractivity contribution in [1.29, 1.82) is 0 Å². The van der Waals surface area contributed by atoms with E-state index in [1.807, 2.05) is 6.92 Å². The lowest BCUT2D eigenvalue weighted by Crippen LogP contribution is -2.45. The summed E-state index contributed by atoms with van der Waals surface area (Å²) in [6, 6.07) is 0. The number of hydrogen-bond donors (Lipinski definition) is 1. The summed E-state index contributed by atoms with van der Waals surface area (Å²) in [6.07, 6.45) is 1.49. The van der Waals surface area contributed by atoms with Gasteiger partial charge in [-0.2, -0.15) is 0 Å². The molecule has 0 aromatic rings. The summed E-state index contributed by atoms with van der Waals surface area (Å²) in [6.45, 7) is 5.01. The van der Waals surface area contributed by atoms with Crippen LogP contribution in [0.4, 0.5) is 0 Å². The van der Waals surface area contributed by atoms with E-state index in [-0.39, 0.29) is 5.91 Å². The molecule has 84 valence electrons. The predicted octanol–water partition coefficient (Wildman–Crippen LogP) is 0.954. The Morgan fingerprint density at radius 3 is 2.50 bits per heavy atom. The van der Waals surface area contributed by atoms with Crippen molar-refractivity contribution in [3.63, 3.8) is 0 Å². The second-order valence-corrected chi connectivity index (χ2v) is 3.39. The van der Waals surface area contributed by atoms with Crippen LogP contribution >= 0.6 is 0 Å². The van der Waals surface area contributed by atoms with Crippen LogP contribution in [0, 0.1) is 0 Å². The molecular formula is C10H21NO3. The van der Waals surface area contributed by atoms with Crippen LogP contribution in [0.5, 0.6) is 0 Å². The molecule has 0 aliphatic heterocycles. The van der Waals surface area contributed by atoms with Gasteiger partial charge in [-0.1, -0.05) is 6.92 Å². The fraction of sp³-hybridized carbons (Fsp3) is 0.900. The molecule has 0 aliphatic carbocycles. The van der Waals surface area contributed by atoms with Gasteiger partial charge in [0.2, 0.25) is 0 Å². The summed E-state index contributed by atoms with van der Waals surface area (Å²) in [5, 5.41) is 2.82. The minimum atomic E-state index is -0.701. The van der Waals surface area contributed by atoms with Crippen molar-refractivity contribution in [1.82, 2.24) is 5.32 Å². The highest BCUT2D eigenvalue weighted by Gasteiger charge is 2.30. The zero-order chi connectivity index (χ0) is 11.0. The third kappa shape index (κ3) is 4.07. The molecule has 0 aromatic carbocycles. The lowest BCUT2D eigenvalue weighted by atomic mass is 10.0. The van der Waals surface area contributed by atoms with Crippen molar-refractivity contribution >= 4 is 5.91 Å². The van der Waals surface area contributed by atoms with Gasteiger partial charge in [0.15, 0.2) is 0 Å². The van der Waals surface area contributed by atoms with Crippen molar-refractivity contribution in [2.24, 2.45) is 0 Å². The van der Waals surface area contributed by atoms with E-state index < -0.39 is 5.60 Å². The number of rotatable bonds is 7. The Kier molecular flexibility index (Phi) is 6.49. The molecule has 0 heterocycles. The first-order valence-electron chi connectivity index (χ1n) is 4.93. The molecule has 4 heteroatoms. The third-order valence-electron chi connectivity index (χ3n) is 2.42. The smallest absolute Gasteiger partial charge is 0.251 e. The number of carbonyl (C=O) groups is 1. The fourth-order valence-electron chi connectivity index (χ4n) is 1.00. The van der Waals surface area contributed by atoms with Gasteiger partial charge in [0.1, 0.15) is 5.60 Å². The van der Waals surface area contributed by atoms with Gasteiger partial charge >= 0.3 is 0 Å². The summed E-state index contributed by atoms with van der Waals surface area (Å²) >= 11 is 0. The van der Waals surface area contributed by atoms with Gasteiger partial charge in [-0.25, -0.2) is 0 Å². The van der Waals surface area contributed by atoms with Crippen LogP contribution in [0.1, 0.15) is 26.7 Å². The average Bonchev–Trinajstić information content (AvgIpc) is 2.22. The van der Waals surface area contributed by atoms with E-state index in [0.29, 0.717) is 19.6 Å². The minimum Gasteiger partial charge on any atom is -0.385 e. The number of nitrogens with one attached hydrogen (secondary N) is 1. The maximum Gasteiger partial charge on any atom is 0.251 e. The van der Waals surface area contributed by atoms with E-state index in [9.17, 15) is 4.79 Å². The molecule has 0 aliphatic rings. The highest BCUT2D eigenvalue weighted by atomic mass is 16.5. The van der Waals surface area contributed by atoms with Gasteiger partial charge in [0.25, 0.3) is 5.91 Å². The van der Waals surface area contributed by atoms with E-state index >= 15 is 0 Å². The molecule has 0 radical (unpaired) electrons. The van der Waals surface area contributed by atoms with E-state index in [1.165, 1.54) is 0 Å². The molecule has 0 aromatic heterocycles. The maximum atomic E-state index is 11.6. The Labute approximate surface area is 86.0 Å². The molecule has 0 bridgehead atoms. The van der Waals surface area contributed by atoms with E-state index in [0.717, 1.165) is 6.42 Å². The third-order valence-corrected chi connectivity index (χ3v) is 2.42. The second-order valence-electron chi connectivity index (χ2n) is 3.39. The Balaban J connectivity index is 3.82. The van der Waals surface area contributed by atoms with Gasteiger partial charge in [-0.3, -0.25) is 4.79 Å². The molecule has 0 saturated carbocycles. The predicted molar refractivity (Wildman–Crippen MR) is 55.2 cm³/mol. The van der Waals surface area contributed by atoms with Crippen molar-refractivity contribution in [3.05, 3.63) is 0 Å². The zero-order valence-electron chi connectivity index (χ0n) is 9.55. The number of amides is 1. The molecule has 1 atom stereocenters. The van der Waals surface area contributed by atoms with Crippen LogP contribution in [0.2, 0.25) is 0 Å². The summed E-state index contributed by atoms with van der Waals surface area (Å²) in [7, 11) is 3.20. The molecule has 0 rings (SSSR count). The monoisotopic (exact) mass is 203 g/mol. The number of carbonyl (C=O) groups excluding carboxylic acids is 1. The van der Waals surface area contributed by atoms with Crippen LogP contribution in [-0.4, -0.2) is 38.9 Å². The van der Waals surface area contributed by atoms with Gasteiger partial charge in [0, 0.05) is 27.4 Å². The zero-order valence-corrected chi connectivity index (χ0v) is 9.55. The molecule has 0 fully saturated rings. The standard InChI is InChI=1S/C10H21NO3/c1-5-10(2,14-4)9(12)11-7-6-8-13-3/h5-8H2,1-4H3,(H,11,12). The first-order chi connectivity index (χ1) is 6.60. The Morgan fingerprint density at radius 2 is 2.07 bits per heavy atom. The molecule has 1 unspecified atom stereocenters. The summed E-state index contributed by atoms with van der Waals surface area (Å²) in [4.78, 5) is 11.6. The Morgan fingerprint density at radius 1 is 1.43 bits per heavy atom. The minimum absolute atomic E-state index is 0.0568. The quantitative estimate of drug-likeness (QED) is 0.627. The largest absolute Gasteiger partial charge is 0.385 e. The molecule has 0 saturated heterocycles. The first kappa shape index (κ1) is 13.4. The van der Waals surface area contributed by atoms with Gasteiger partial charge < -0.3 is 14.8 Å². The fourth-order valence-corrected chi connectivity index (χ4v) is 1.00. The summed E-state index contributed by atoms with van der Waals surface area (Å²) in [5.74, 6) is -0.0568. The van der Waals surface area contributed by atoms with Crippen molar-refractivity contribution in [3.8, 4) is 0 Å². The normalized spacial score (nSPS) is 14.9. The van der Waals surface area contributed by atoms with Crippen LogP contribution < -0.4 is 5.32 Å². The van der Waals surface area contributed by atoms with Crippen molar-refractivity contribution < 1.29 is 14.3 Å². The van der Waals surface area contributed by atoms with Crippen LogP contribution in [0.3, 0.4) is 0 Å². The van der Waals surface area contributed by atoms with Crippen LogP contribution in [-0.2, 0) is 14.3 Å². The van der Waals surface area contributed by atoms with Crippen LogP contribution in [0.25, 0.3) is 0 Å². The highest BCUT2D eigenvalue weighted by Crippen LogP contribution is 2.13. The Bertz CT molecular complexity index is 167. The lowest BCUT2D eigenvalue weighted by molar-refractivity contribution is -0.141. The van der Waals surface area contributed by atoms with E-state index in [1.54, 1.807) is 21.1 Å². The SMILES string of the molecule is CCC(C)(OC)C(=O)NCCCOC. The number of methoxy groups -OCH3 is 2. The summed E-state index contributed by atoms with van der Waals surface area (Å²) < 4.78 is 10.0. The van der Waals surface area contributed by atoms with Gasteiger partial charge in [-0.05, 0) is 19.8 Å². The van der Waals surface area contributed by atoms with Gasteiger partial charge in [0.05, 0.1) is 0 Å². The molecule has 0 spiro atoms. The van der Waals surface area contributed by atoms with Crippen molar-refractivity contribution in [2.45, 2.75) is 32.3 Å². The number of ether oxygens (including phenoxy) is 2. The number of hydrogen-bond acceptors (Lipinski definition) is 3. The van der Waals surface area contributed by atoms with Crippen molar-refractivity contribution in [2.75, 3.05) is 27.4 Å². The van der Waals surface area contributed by atoms with E-state index in [2.05, 4.69) is 5.32 Å². The first-order valence-corrected chi connectivity index (χ1v) is 4.93. The van der Waals surface area contributed by atoms with Gasteiger partial charge in [-0.15, -0.1) is 0 Å². The average molecular weight is 203 g/mol. The van der Waals surface area contributed by atoms with Crippen LogP contribution in [0.15, 0.2) is 0 Å². The molecule has 1 amide bonds.